The molecular formula is C32H33ClN6O6. The van der Waals surface area contributed by atoms with Gasteiger partial charge in [-0.2, -0.15) is 5.10 Å². The molecule has 3 N–H and O–H groups in total. The Hall–Kier alpha value is -4.36. The number of ether oxygens (including phenoxy) is 2. The Morgan fingerprint density at radius 1 is 1.11 bits per heavy atom. The summed E-state index contributed by atoms with van der Waals surface area (Å²) < 4.78 is 12.9. The van der Waals surface area contributed by atoms with Crippen molar-refractivity contribution in [3.63, 3.8) is 0 Å². The fraction of sp³-hybridized carbons (Fsp3) is 0.344. The summed E-state index contributed by atoms with van der Waals surface area (Å²) in [7, 11) is 4.26. The zero-order chi connectivity index (χ0) is 32.0. The molecule has 2 aliphatic rings. The highest BCUT2D eigenvalue weighted by molar-refractivity contribution is 6.36. The second kappa shape index (κ2) is 12.2. The third-order valence-electron chi connectivity index (χ3n) is 8.50. The van der Waals surface area contributed by atoms with Crippen molar-refractivity contribution < 1.29 is 19.4 Å². The molecule has 45 heavy (non-hydrogen) atoms. The normalized spacial score (nSPS) is 19.0. The van der Waals surface area contributed by atoms with Crippen molar-refractivity contribution in [2.24, 2.45) is 14.1 Å². The van der Waals surface area contributed by atoms with Crippen LogP contribution in [0.15, 0.2) is 52.1 Å². The van der Waals surface area contributed by atoms with E-state index in [4.69, 9.17) is 26.1 Å². The second-order valence-corrected chi connectivity index (χ2v) is 11.7. The van der Waals surface area contributed by atoms with Crippen molar-refractivity contribution in [3.05, 3.63) is 90.7 Å². The maximum atomic E-state index is 13.1. The summed E-state index contributed by atoms with van der Waals surface area (Å²) >= 11 is 7.07. The number of rotatable bonds is 7. The van der Waals surface area contributed by atoms with Gasteiger partial charge in [0.15, 0.2) is 0 Å². The standard InChI is InChI=1S/C32H33ClN6O6/c1-16-18(7-6-10-21(16)35-29(41)28-31(42)38(2)32(43)39(3)37-28)19-8-5-9-20(27(19)33)23-13-17-11-12-22(26(17)30(36-23)44-4)34-24-14-45-15-25(24)40/h5-10,13,22,24-25,34,40H,11-12,14-15H2,1-4H3,(H,35,41)/t22-,24+,25-/m0/s1. The van der Waals surface area contributed by atoms with Crippen molar-refractivity contribution in [2.75, 3.05) is 25.6 Å². The summed E-state index contributed by atoms with van der Waals surface area (Å²) in [5.74, 6) is -0.227. The molecule has 1 amide bonds. The number of methoxy groups -OCH3 is 1. The first-order valence-corrected chi connectivity index (χ1v) is 14.9. The molecule has 12 nitrogen and oxygen atoms in total. The van der Waals surface area contributed by atoms with Gasteiger partial charge in [0.1, 0.15) is 0 Å². The number of aliphatic hydroxyl groups is 1. The maximum Gasteiger partial charge on any atom is 0.346 e. The van der Waals surface area contributed by atoms with Gasteiger partial charge in [-0.05, 0) is 48.6 Å². The van der Waals surface area contributed by atoms with Crippen LogP contribution in [0.5, 0.6) is 5.88 Å². The molecule has 234 valence electrons. The first kappa shape index (κ1) is 30.7. The highest BCUT2D eigenvalue weighted by Crippen LogP contribution is 2.43. The Balaban J connectivity index is 1.32. The van der Waals surface area contributed by atoms with Crippen LogP contribution in [0.1, 0.15) is 39.6 Å². The lowest BCUT2D eigenvalue weighted by molar-refractivity contribution is 0.101. The number of hydrogen-bond donors (Lipinski definition) is 3. The number of nitrogens with one attached hydrogen (secondary N) is 2. The molecular weight excluding hydrogens is 600 g/mol. The molecule has 0 unspecified atom stereocenters. The molecule has 3 atom stereocenters. The van der Waals surface area contributed by atoms with Crippen LogP contribution >= 0.6 is 11.6 Å². The molecule has 1 aliphatic carbocycles. The quantitative estimate of drug-likeness (QED) is 0.280. The van der Waals surface area contributed by atoms with Gasteiger partial charge < -0.3 is 25.2 Å². The Labute approximate surface area is 263 Å². The van der Waals surface area contributed by atoms with E-state index >= 15 is 0 Å². The number of nitrogens with zero attached hydrogens (tertiary/aromatic N) is 4. The first-order chi connectivity index (χ1) is 21.6. The molecule has 1 aliphatic heterocycles. The van der Waals surface area contributed by atoms with E-state index in [-0.39, 0.29) is 12.1 Å². The Morgan fingerprint density at radius 2 is 1.84 bits per heavy atom. The lowest BCUT2D eigenvalue weighted by Crippen LogP contribution is -2.43. The van der Waals surface area contributed by atoms with Crippen LogP contribution in [-0.4, -0.2) is 62.8 Å². The molecule has 0 radical (unpaired) electrons. The smallest absolute Gasteiger partial charge is 0.346 e. The second-order valence-electron chi connectivity index (χ2n) is 11.3. The third kappa shape index (κ3) is 5.54. The fourth-order valence-corrected chi connectivity index (χ4v) is 6.37. The van der Waals surface area contributed by atoms with Crippen LogP contribution in [0, 0.1) is 6.92 Å². The fourth-order valence-electron chi connectivity index (χ4n) is 6.05. The minimum absolute atomic E-state index is 0.0172. The minimum atomic E-state index is -0.787. The number of carbonyl (C=O) groups excluding carboxylic acids is 1. The molecule has 2 aromatic heterocycles. The molecule has 1 fully saturated rings. The SMILES string of the molecule is COc1nc(-c2cccc(-c3cccc(NC(=O)c4nn(C)c(=O)n(C)c4=O)c3C)c2Cl)cc2c1[C@@H](N[C@@H]1COC[C@@H]1O)CC2. The summed E-state index contributed by atoms with van der Waals surface area (Å²) in [5.41, 5.74) is 4.34. The van der Waals surface area contributed by atoms with Crippen LogP contribution in [0.3, 0.4) is 0 Å². The molecule has 0 bridgehead atoms. The number of aryl methyl sites for hydroxylation is 2. The molecule has 2 aromatic carbocycles. The Bertz CT molecular complexity index is 1940. The van der Waals surface area contributed by atoms with Gasteiger partial charge in [-0.15, -0.1) is 0 Å². The summed E-state index contributed by atoms with van der Waals surface area (Å²) in [4.78, 5) is 42.5. The van der Waals surface area contributed by atoms with Crippen LogP contribution in [0.2, 0.25) is 5.02 Å². The maximum absolute atomic E-state index is 13.1. The number of hydrogen-bond acceptors (Lipinski definition) is 9. The number of anilines is 1. The van der Waals surface area contributed by atoms with Gasteiger partial charge >= 0.3 is 5.69 Å². The van der Waals surface area contributed by atoms with Gasteiger partial charge in [0.05, 0.1) is 43.2 Å². The molecule has 3 heterocycles. The van der Waals surface area contributed by atoms with Crippen molar-refractivity contribution in [1.29, 1.82) is 0 Å². The lowest BCUT2D eigenvalue weighted by atomic mass is 9.96. The number of halogens is 1. The van der Waals surface area contributed by atoms with Gasteiger partial charge in [0.25, 0.3) is 11.5 Å². The molecule has 13 heteroatoms. The lowest BCUT2D eigenvalue weighted by Gasteiger charge is -2.22. The predicted molar refractivity (Wildman–Crippen MR) is 169 cm³/mol. The van der Waals surface area contributed by atoms with Crippen LogP contribution in [0.4, 0.5) is 5.69 Å². The summed E-state index contributed by atoms with van der Waals surface area (Å²) in [6.45, 7) is 2.62. The predicted octanol–water partition coefficient (Wildman–Crippen LogP) is 2.77. The number of pyridine rings is 1. The Morgan fingerprint density at radius 3 is 2.58 bits per heavy atom. The number of fused-ring (bicyclic) bond motifs is 1. The molecule has 4 aromatic rings. The third-order valence-corrected chi connectivity index (χ3v) is 8.91. The van der Waals surface area contributed by atoms with Crippen LogP contribution < -0.4 is 26.6 Å². The van der Waals surface area contributed by atoms with Gasteiger partial charge in [-0.25, -0.2) is 14.5 Å². The largest absolute Gasteiger partial charge is 0.481 e. The molecule has 0 spiro atoms. The Kier molecular flexibility index (Phi) is 8.31. The van der Waals surface area contributed by atoms with E-state index < -0.39 is 29.0 Å². The number of carbonyl (C=O) groups is 1. The number of amides is 1. The average Bonchev–Trinajstić information content (AvgIpc) is 3.64. The number of aromatic nitrogens is 4. The van der Waals surface area contributed by atoms with Gasteiger partial charge in [-0.1, -0.05) is 41.9 Å². The van der Waals surface area contributed by atoms with Crippen molar-refractivity contribution in [3.8, 4) is 28.3 Å². The van der Waals surface area contributed by atoms with Crippen LogP contribution in [-0.2, 0) is 25.3 Å². The van der Waals surface area contributed by atoms with E-state index in [2.05, 4.69) is 15.7 Å². The monoisotopic (exact) mass is 632 g/mol. The zero-order valence-electron chi connectivity index (χ0n) is 25.3. The van der Waals surface area contributed by atoms with E-state index in [1.165, 1.54) is 14.1 Å². The van der Waals surface area contributed by atoms with Crippen LogP contribution in [0.25, 0.3) is 22.4 Å². The molecule has 6 rings (SSSR count). The van der Waals surface area contributed by atoms with Gasteiger partial charge in [0, 0.05) is 42.5 Å². The average molecular weight is 633 g/mol. The van der Waals surface area contributed by atoms with E-state index in [0.29, 0.717) is 35.5 Å². The first-order valence-electron chi connectivity index (χ1n) is 14.5. The summed E-state index contributed by atoms with van der Waals surface area (Å²) in [6, 6.07) is 13.0. The summed E-state index contributed by atoms with van der Waals surface area (Å²) in [5, 5.41) is 20.9. The number of aliphatic hydroxyl groups excluding tert-OH is 1. The zero-order valence-corrected chi connectivity index (χ0v) is 26.0. The minimum Gasteiger partial charge on any atom is -0.481 e. The van der Waals surface area contributed by atoms with Gasteiger partial charge in [0.2, 0.25) is 11.6 Å². The summed E-state index contributed by atoms with van der Waals surface area (Å²) in [6.07, 6.45) is 1.10. The highest BCUT2D eigenvalue weighted by Gasteiger charge is 2.34. The van der Waals surface area contributed by atoms with E-state index in [9.17, 15) is 19.5 Å². The molecule has 1 saturated heterocycles. The topological polar surface area (TPSA) is 150 Å². The highest BCUT2D eigenvalue weighted by atomic mass is 35.5. The van der Waals surface area contributed by atoms with Crippen molar-refractivity contribution in [1.82, 2.24) is 24.6 Å². The molecule has 0 saturated carbocycles. The van der Waals surface area contributed by atoms with Crippen molar-refractivity contribution >= 4 is 23.2 Å². The van der Waals surface area contributed by atoms with E-state index in [1.54, 1.807) is 19.2 Å². The van der Waals surface area contributed by atoms with E-state index in [0.717, 1.165) is 55.5 Å². The van der Waals surface area contributed by atoms with Gasteiger partial charge in [-0.3, -0.25) is 14.2 Å². The number of benzene rings is 2. The van der Waals surface area contributed by atoms with E-state index in [1.807, 2.05) is 37.3 Å². The van der Waals surface area contributed by atoms with Crippen molar-refractivity contribution in [2.45, 2.75) is 38.0 Å².